The van der Waals surface area contributed by atoms with E-state index < -0.39 is 0 Å². The molecule has 0 aliphatic carbocycles. The molecule has 0 aliphatic rings. The fourth-order valence-corrected chi connectivity index (χ4v) is 2.53. The first-order valence-electron chi connectivity index (χ1n) is 6.26. The Morgan fingerprint density at radius 3 is 2.25 bits per heavy atom. The monoisotopic (exact) mass is 285 g/mol. The van der Waals surface area contributed by atoms with E-state index in [0.717, 1.165) is 16.1 Å². The van der Waals surface area contributed by atoms with Gasteiger partial charge >= 0.3 is 0 Å². The Morgan fingerprint density at radius 2 is 1.65 bits per heavy atom. The van der Waals surface area contributed by atoms with Crippen LogP contribution in [0.5, 0.6) is 0 Å². The van der Waals surface area contributed by atoms with Crippen LogP contribution in [0.3, 0.4) is 0 Å². The SMILES string of the molecule is CC(=O)Nc1ccc(CC(=O)Sc2ccccc2)cc1. The number of benzene rings is 2. The summed E-state index contributed by atoms with van der Waals surface area (Å²) in [5.74, 6) is -0.103. The molecule has 4 heteroatoms. The molecule has 0 saturated heterocycles. The summed E-state index contributed by atoms with van der Waals surface area (Å²) in [4.78, 5) is 23.8. The van der Waals surface area contributed by atoms with E-state index in [2.05, 4.69) is 5.32 Å². The number of nitrogens with one attached hydrogen (secondary N) is 1. The Hall–Kier alpha value is -2.07. The third-order valence-electron chi connectivity index (χ3n) is 2.60. The first-order chi connectivity index (χ1) is 9.63. The van der Waals surface area contributed by atoms with Gasteiger partial charge in [0.15, 0.2) is 5.12 Å². The van der Waals surface area contributed by atoms with Crippen LogP contribution in [-0.2, 0) is 16.0 Å². The Balaban J connectivity index is 1.93. The van der Waals surface area contributed by atoms with E-state index in [9.17, 15) is 9.59 Å². The zero-order valence-corrected chi connectivity index (χ0v) is 11.9. The highest BCUT2D eigenvalue weighted by atomic mass is 32.2. The van der Waals surface area contributed by atoms with Crippen LogP contribution in [-0.4, -0.2) is 11.0 Å². The number of carbonyl (C=O) groups is 2. The molecule has 0 bridgehead atoms. The minimum absolute atomic E-state index is 0.100. The Kier molecular flexibility index (Phi) is 4.96. The number of thioether (sulfide) groups is 1. The molecule has 0 aliphatic heterocycles. The molecule has 102 valence electrons. The number of hydrogen-bond acceptors (Lipinski definition) is 3. The lowest BCUT2D eigenvalue weighted by atomic mass is 10.1. The zero-order valence-electron chi connectivity index (χ0n) is 11.1. The molecule has 0 spiro atoms. The molecule has 0 radical (unpaired) electrons. The van der Waals surface area contributed by atoms with Crippen LogP contribution in [0.15, 0.2) is 59.5 Å². The second-order valence-corrected chi connectivity index (χ2v) is 5.47. The molecule has 0 saturated carbocycles. The Labute approximate surface area is 122 Å². The quantitative estimate of drug-likeness (QED) is 0.874. The highest BCUT2D eigenvalue weighted by molar-refractivity contribution is 8.13. The van der Waals surface area contributed by atoms with Gasteiger partial charge < -0.3 is 5.32 Å². The summed E-state index contributed by atoms with van der Waals surface area (Å²) in [6, 6.07) is 16.9. The summed E-state index contributed by atoms with van der Waals surface area (Å²) in [7, 11) is 0. The lowest BCUT2D eigenvalue weighted by molar-refractivity contribution is -0.114. The van der Waals surface area contributed by atoms with Gasteiger partial charge in [-0.05, 0) is 29.8 Å². The van der Waals surface area contributed by atoms with Crippen molar-refractivity contribution >= 4 is 28.5 Å². The molecule has 1 N–H and O–H groups in total. The smallest absolute Gasteiger partial charge is 0.221 e. The molecule has 1 amide bonds. The summed E-state index contributed by atoms with van der Waals surface area (Å²) in [6.07, 6.45) is 0.375. The molecule has 3 nitrogen and oxygen atoms in total. The molecule has 0 aromatic heterocycles. The summed E-state index contributed by atoms with van der Waals surface area (Å²) < 4.78 is 0. The Bertz CT molecular complexity index is 594. The predicted molar refractivity (Wildman–Crippen MR) is 81.8 cm³/mol. The van der Waals surface area contributed by atoms with Gasteiger partial charge in [-0.2, -0.15) is 0 Å². The van der Waals surface area contributed by atoms with Gasteiger partial charge in [0.2, 0.25) is 5.91 Å². The van der Waals surface area contributed by atoms with Crippen LogP contribution in [0, 0.1) is 0 Å². The largest absolute Gasteiger partial charge is 0.326 e. The van der Waals surface area contributed by atoms with Crippen LogP contribution >= 0.6 is 11.8 Å². The van der Waals surface area contributed by atoms with Gasteiger partial charge in [0.25, 0.3) is 0 Å². The van der Waals surface area contributed by atoms with Gasteiger partial charge in [0, 0.05) is 23.9 Å². The molecule has 2 rings (SSSR count). The summed E-state index contributed by atoms with van der Waals surface area (Å²) in [5.41, 5.74) is 1.68. The van der Waals surface area contributed by atoms with Crippen LogP contribution in [0.25, 0.3) is 0 Å². The molecule has 0 heterocycles. The molecular weight excluding hydrogens is 270 g/mol. The van der Waals surface area contributed by atoms with Crippen molar-refractivity contribution in [2.45, 2.75) is 18.2 Å². The van der Waals surface area contributed by atoms with Gasteiger partial charge in [-0.25, -0.2) is 0 Å². The van der Waals surface area contributed by atoms with Gasteiger partial charge in [0.1, 0.15) is 0 Å². The number of amides is 1. The minimum atomic E-state index is -0.103. The molecule has 0 unspecified atom stereocenters. The maximum absolute atomic E-state index is 11.9. The van der Waals surface area contributed by atoms with Crippen molar-refractivity contribution in [2.24, 2.45) is 0 Å². The van der Waals surface area contributed by atoms with Crippen LogP contribution in [0.1, 0.15) is 12.5 Å². The van der Waals surface area contributed by atoms with E-state index in [1.807, 2.05) is 42.5 Å². The molecule has 2 aromatic rings. The van der Waals surface area contributed by atoms with Gasteiger partial charge in [-0.3, -0.25) is 9.59 Å². The van der Waals surface area contributed by atoms with Crippen molar-refractivity contribution in [2.75, 3.05) is 5.32 Å². The summed E-state index contributed by atoms with van der Waals surface area (Å²) in [6.45, 7) is 1.47. The van der Waals surface area contributed by atoms with Gasteiger partial charge in [-0.1, -0.05) is 42.1 Å². The molecule has 0 fully saturated rings. The maximum atomic E-state index is 11.9. The summed E-state index contributed by atoms with van der Waals surface area (Å²) >= 11 is 1.24. The van der Waals surface area contributed by atoms with E-state index in [-0.39, 0.29) is 11.0 Å². The fourth-order valence-electron chi connectivity index (χ4n) is 1.73. The average molecular weight is 285 g/mol. The second-order valence-electron chi connectivity index (χ2n) is 4.34. The van der Waals surface area contributed by atoms with Crippen LogP contribution in [0.4, 0.5) is 5.69 Å². The van der Waals surface area contributed by atoms with Crippen LogP contribution < -0.4 is 5.32 Å². The zero-order chi connectivity index (χ0) is 14.4. The second kappa shape index (κ2) is 6.91. The van der Waals surface area contributed by atoms with Gasteiger partial charge in [-0.15, -0.1) is 0 Å². The van der Waals surface area contributed by atoms with E-state index in [1.54, 1.807) is 12.1 Å². The lowest BCUT2D eigenvalue weighted by Crippen LogP contribution is -2.05. The first kappa shape index (κ1) is 14.3. The molecule has 0 atom stereocenters. The standard InChI is InChI=1S/C16H15NO2S/c1-12(18)17-14-9-7-13(8-10-14)11-16(19)20-15-5-3-2-4-6-15/h2-10H,11H2,1H3,(H,17,18). The lowest BCUT2D eigenvalue weighted by Gasteiger charge is -2.04. The first-order valence-corrected chi connectivity index (χ1v) is 7.07. The van der Waals surface area contributed by atoms with E-state index in [0.29, 0.717) is 6.42 Å². The van der Waals surface area contributed by atoms with Crippen molar-refractivity contribution in [3.63, 3.8) is 0 Å². The highest BCUT2D eigenvalue weighted by Crippen LogP contribution is 2.20. The van der Waals surface area contributed by atoms with Crippen LogP contribution in [0.2, 0.25) is 0 Å². The highest BCUT2D eigenvalue weighted by Gasteiger charge is 2.06. The summed E-state index contributed by atoms with van der Waals surface area (Å²) in [5, 5.41) is 2.80. The van der Waals surface area contributed by atoms with Crippen molar-refractivity contribution in [1.29, 1.82) is 0 Å². The molecular formula is C16H15NO2S. The minimum Gasteiger partial charge on any atom is -0.326 e. The Morgan fingerprint density at radius 1 is 1.00 bits per heavy atom. The number of anilines is 1. The fraction of sp³-hybridized carbons (Fsp3) is 0.125. The molecule has 20 heavy (non-hydrogen) atoms. The number of hydrogen-bond donors (Lipinski definition) is 1. The number of carbonyl (C=O) groups excluding carboxylic acids is 2. The average Bonchev–Trinajstić information content (AvgIpc) is 2.41. The van der Waals surface area contributed by atoms with Crippen molar-refractivity contribution < 1.29 is 9.59 Å². The van der Waals surface area contributed by atoms with Crippen molar-refractivity contribution in [3.8, 4) is 0 Å². The number of rotatable bonds is 4. The normalized spacial score (nSPS) is 10.1. The molecule has 2 aromatic carbocycles. The third-order valence-corrected chi connectivity index (χ3v) is 3.48. The van der Waals surface area contributed by atoms with E-state index >= 15 is 0 Å². The van der Waals surface area contributed by atoms with E-state index in [1.165, 1.54) is 18.7 Å². The van der Waals surface area contributed by atoms with E-state index in [4.69, 9.17) is 0 Å². The maximum Gasteiger partial charge on any atom is 0.221 e. The van der Waals surface area contributed by atoms with Crippen molar-refractivity contribution in [1.82, 2.24) is 0 Å². The predicted octanol–water partition coefficient (Wildman–Crippen LogP) is 3.51. The van der Waals surface area contributed by atoms with Gasteiger partial charge in [0.05, 0.1) is 0 Å². The topological polar surface area (TPSA) is 46.2 Å². The van der Waals surface area contributed by atoms with Crippen molar-refractivity contribution in [3.05, 3.63) is 60.2 Å². The third kappa shape index (κ3) is 4.55.